The number of aromatic nitrogens is 3. The lowest BCUT2D eigenvalue weighted by molar-refractivity contribution is -0.132. The molecule has 1 aliphatic heterocycles. The van der Waals surface area contributed by atoms with Gasteiger partial charge in [0.15, 0.2) is 18.1 Å². The fourth-order valence-corrected chi connectivity index (χ4v) is 3.19. The Hall–Kier alpha value is -2.57. The van der Waals surface area contributed by atoms with Crippen LogP contribution in [0.5, 0.6) is 11.5 Å². The maximum atomic E-state index is 12.4. The highest BCUT2D eigenvalue weighted by Gasteiger charge is 2.31. The monoisotopic (exact) mass is 342 g/mol. The zero-order valence-electron chi connectivity index (χ0n) is 14.3. The van der Waals surface area contributed by atoms with E-state index in [4.69, 9.17) is 9.47 Å². The molecule has 2 aliphatic rings. The summed E-state index contributed by atoms with van der Waals surface area (Å²) in [4.78, 5) is 14.3. The predicted octanol–water partition coefficient (Wildman–Crippen LogP) is 2.02. The zero-order valence-corrected chi connectivity index (χ0v) is 14.3. The molecule has 0 N–H and O–H groups in total. The van der Waals surface area contributed by atoms with Gasteiger partial charge in [-0.1, -0.05) is 17.3 Å². The second kappa shape index (κ2) is 6.74. The number of hydrogen-bond acceptors (Lipinski definition) is 5. The van der Waals surface area contributed by atoms with Gasteiger partial charge in [0, 0.05) is 25.2 Å². The van der Waals surface area contributed by atoms with Crippen LogP contribution in [0.15, 0.2) is 30.5 Å². The Bertz CT molecular complexity index is 756. The fourth-order valence-electron chi connectivity index (χ4n) is 3.19. The van der Waals surface area contributed by atoms with Gasteiger partial charge < -0.3 is 14.4 Å². The minimum absolute atomic E-state index is 0.0117. The normalized spacial score (nSPS) is 19.9. The molecule has 0 bridgehead atoms. The maximum absolute atomic E-state index is 12.4. The third-order valence-corrected chi connectivity index (χ3v) is 4.83. The van der Waals surface area contributed by atoms with Gasteiger partial charge in [-0.15, -0.1) is 5.10 Å². The van der Waals surface area contributed by atoms with Gasteiger partial charge in [-0.25, -0.2) is 4.68 Å². The van der Waals surface area contributed by atoms with Crippen molar-refractivity contribution in [2.45, 2.75) is 31.2 Å². The quantitative estimate of drug-likeness (QED) is 0.803. The number of nitrogens with zero attached hydrogens (tertiary/aromatic N) is 4. The summed E-state index contributed by atoms with van der Waals surface area (Å²) in [5.74, 6) is 1.79. The summed E-state index contributed by atoms with van der Waals surface area (Å²) in [6, 6.07) is 7.54. The largest absolute Gasteiger partial charge is 0.493 e. The summed E-state index contributed by atoms with van der Waals surface area (Å²) >= 11 is 0. The van der Waals surface area contributed by atoms with Gasteiger partial charge in [0.05, 0.1) is 18.8 Å². The van der Waals surface area contributed by atoms with Crippen molar-refractivity contribution in [3.63, 3.8) is 0 Å². The third kappa shape index (κ3) is 3.45. The minimum Gasteiger partial charge on any atom is -0.493 e. The molecule has 7 nitrogen and oxygen atoms in total. The molecular weight excluding hydrogens is 320 g/mol. The molecule has 1 aliphatic carbocycles. The van der Waals surface area contributed by atoms with Crippen LogP contribution in [0.25, 0.3) is 0 Å². The molecule has 132 valence electrons. The number of likely N-dealkylation sites (tertiary alicyclic amines) is 1. The van der Waals surface area contributed by atoms with Gasteiger partial charge >= 0.3 is 0 Å². The fraction of sp³-hybridized carbons (Fsp3) is 0.500. The number of methoxy groups -OCH3 is 1. The summed E-state index contributed by atoms with van der Waals surface area (Å²) in [6.07, 6.45) is 5.37. The Labute approximate surface area is 146 Å². The minimum atomic E-state index is -0.0177. The standard InChI is InChI=1S/C18H22N4O3/c1-24-16-4-2-3-5-17(16)25-12-18(23)21-9-8-14(10-21)22-11-15(19-20-22)13-6-7-13/h2-5,11,13-14H,6-10,12H2,1H3. The van der Waals surface area contributed by atoms with Crippen molar-refractivity contribution < 1.29 is 14.3 Å². The van der Waals surface area contributed by atoms with Crippen molar-refractivity contribution in [2.24, 2.45) is 0 Å². The summed E-state index contributed by atoms with van der Waals surface area (Å²) in [5, 5.41) is 8.51. The molecular formula is C18H22N4O3. The molecule has 1 unspecified atom stereocenters. The SMILES string of the molecule is COc1ccccc1OCC(=O)N1CCC(n2cc(C3CC3)nn2)C1. The second-order valence-corrected chi connectivity index (χ2v) is 6.62. The van der Waals surface area contributed by atoms with E-state index in [1.54, 1.807) is 13.2 Å². The first-order chi connectivity index (χ1) is 12.2. The number of benzene rings is 1. The van der Waals surface area contributed by atoms with Crippen molar-refractivity contribution in [1.29, 1.82) is 0 Å². The van der Waals surface area contributed by atoms with E-state index in [1.165, 1.54) is 12.8 Å². The molecule has 1 saturated carbocycles. The molecule has 1 aromatic heterocycles. The molecule has 1 amide bonds. The van der Waals surface area contributed by atoms with Gasteiger partial charge in [-0.05, 0) is 31.4 Å². The van der Waals surface area contributed by atoms with Crippen molar-refractivity contribution in [2.75, 3.05) is 26.8 Å². The number of carbonyl (C=O) groups excluding carboxylic acids is 1. The lowest BCUT2D eigenvalue weighted by Gasteiger charge is -2.17. The molecule has 2 fully saturated rings. The van der Waals surface area contributed by atoms with Crippen LogP contribution < -0.4 is 9.47 Å². The van der Waals surface area contributed by atoms with Gasteiger partial charge in [-0.2, -0.15) is 0 Å². The molecule has 2 heterocycles. The summed E-state index contributed by atoms with van der Waals surface area (Å²) < 4.78 is 12.8. The van der Waals surface area contributed by atoms with E-state index in [-0.39, 0.29) is 18.6 Å². The van der Waals surface area contributed by atoms with E-state index >= 15 is 0 Å². The lowest BCUT2D eigenvalue weighted by Crippen LogP contribution is -2.33. The number of hydrogen-bond donors (Lipinski definition) is 0. The number of ether oxygens (including phenoxy) is 2. The number of rotatable bonds is 6. The lowest BCUT2D eigenvalue weighted by atomic mass is 10.2. The third-order valence-electron chi connectivity index (χ3n) is 4.83. The van der Waals surface area contributed by atoms with Crippen LogP contribution in [0.1, 0.15) is 36.9 Å². The molecule has 0 radical (unpaired) electrons. The Morgan fingerprint density at radius 2 is 2.04 bits per heavy atom. The van der Waals surface area contributed by atoms with Crippen LogP contribution in [-0.2, 0) is 4.79 Å². The highest BCUT2D eigenvalue weighted by molar-refractivity contribution is 5.78. The van der Waals surface area contributed by atoms with E-state index in [1.807, 2.05) is 34.0 Å². The highest BCUT2D eigenvalue weighted by atomic mass is 16.5. The Morgan fingerprint density at radius 3 is 2.80 bits per heavy atom. The van der Waals surface area contributed by atoms with Crippen LogP contribution >= 0.6 is 0 Å². The van der Waals surface area contributed by atoms with Crippen LogP contribution in [0.2, 0.25) is 0 Å². The van der Waals surface area contributed by atoms with E-state index in [9.17, 15) is 4.79 Å². The topological polar surface area (TPSA) is 69.5 Å². The van der Waals surface area contributed by atoms with Crippen molar-refractivity contribution in [3.05, 3.63) is 36.2 Å². The first-order valence-electron chi connectivity index (χ1n) is 8.70. The Balaban J connectivity index is 1.32. The van der Waals surface area contributed by atoms with Crippen molar-refractivity contribution >= 4 is 5.91 Å². The van der Waals surface area contributed by atoms with Crippen LogP contribution in [0.3, 0.4) is 0 Å². The molecule has 1 atom stereocenters. The molecule has 0 spiro atoms. The maximum Gasteiger partial charge on any atom is 0.260 e. The predicted molar refractivity (Wildman–Crippen MR) is 90.7 cm³/mol. The number of amides is 1. The zero-order chi connectivity index (χ0) is 17.2. The van der Waals surface area contributed by atoms with Gasteiger partial charge in [0.2, 0.25) is 0 Å². The molecule has 4 rings (SSSR count). The van der Waals surface area contributed by atoms with E-state index in [2.05, 4.69) is 10.3 Å². The van der Waals surface area contributed by atoms with Crippen molar-refractivity contribution in [1.82, 2.24) is 19.9 Å². The smallest absolute Gasteiger partial charge is 0.260 e. The van der Waals surface area contributed by atoms with Crippen LogP contribution in [-0.4, -0.2) is 52.6 Å². The van der Waals surface area contributed by atoms with Crippen molar-refractivity contribution in [3.8, 4) is 11.5 Å². The molecule has 25 heavy (non-hydrogen) atoms. The first kappa shape index (κ1) is 15.9. The molecule has 1 aromatic carbocycles. The molecule has 7 heteroatoms. The van der Waals surface area contributed by atoms with Gasteiger partial charge in [-0.3, -0.25) is 4.79 Å². The summed E-state index contributed by atoms with van der Waals surface area (Å²) in [7, 11) is 1.59. The average molecular weight is 342 g/mol. The highest BCUT2D eigenvalue weighted by Crippen LogP contribution is 2.39. The van der Waals surface area contributed by atoms with Gasteiger partial charge in [0.25, 0.3) is 5.91 Å². The first-order valence-corrected chi connectivity index (χ1v) is 8.70. The molecule has 1 saturated heterocycles. The van der Waals surface area contributed by atoms with E-state index in [0.717, 1.165) is 18.7 Å². The summed E-state index contributed by atoms with van der Waals surface area (Å²) in [5.41, 5.74) is 1.09. The Morgan fingerprint density at radius 1 is 1.24 bits per heavy atom. The van der Waals surface area contributed by atoms with E-state index in [0.29, 0.717) is 24.0 Å². The Kier molecular flexibility index (Phi) is 4.29. The van der Waals surface area contributed by atoms with Crippen LogP contribution in [0, 0.1) is 0 Å². The number of para-hydroxylation sites is 2. The number of carbonyl (C=O) groups is 1. The second-order valence-electron chi connectivity index (χ2n) is 6.62. The van der Waals surface area contributed by atoms with Gasteiger partial charge in [0.1, 0.15) is 0 Å². The molecule has 2 aromatic rings. The van der Waals surface area contributed by atoms with Crippen LogP contribution in [0.4, 0.5) is 0 Å². The summed E-state index contributed by atoms with van der Waals surface area (Å²) in [6.45, 7) is 1.39. The average Bonchev–Trinajstić information content (AvgIpc) is 3.18. The van der Waals surface area contributed by atoms with E-state index < -0.39 is 0 Å².